The molecular weight excluding hydrogens is 146 g/mol. The number of Topliss-reactive ketones (excluding diaryl/α,β-unsaturated/α-hetero) is 1. The number of carboxylic acid groups (broad SMARTS) is 1. The monoisotopic (exact) mass is 152 g/mol. The zero-order chi connectivity index (χ0) is 8.36. The van der Waals surface area contributed by atoms with Gasteiger partial charge < -0.3 is 5.11 Å². The molecule has 10 heavy (non-hydrogen) atoms. The van der Waals surface area contributed by atoms with Crippen molar-refractivity contribution in [3.63, 3.8) is 0 Å². The molecule has 0 saturated heterocycles. The number of ketones is 1. The normalized spacial score (nSPS) is 11.1. The van der Waals surface area contributed by atoms with E-state index in [1.807, 2.05) is 0 Å². The third kappa shape index (κ3) is 1.49. The predicted molar refractivity (Wildman–Crippen MR) is 27.9 cm³/mol. The summed E-state index contributed by atoms with van der Waals surface area (Å²) in [7, 11) is 0. The van der Waals surface area contributed by atoms with Crippen LogP contribution in [-0.4, -0.2) is 22.8 Å². The van der Waals surface area contributed by atoms with Crippen molar-refractivity contribution in [1.82, 2.24) is 0 Å². The summed E-state index contributed by atoms with van der Waals surface area (Å²) in [6.07, 6.45) is -0.473. The van der Waals surface area contributed by atoms with Crippen LogP contribution in [0, 0.1) is 0 Å². The van der Waals surface area contributed by atoms with E-state index in [1.165, 1.54) is 6.92 Å². The molecule has 0 fully saturated rings. The van der Waals surface area contributed by atoms with Gasteiger partial charge in [0.2, 0.25) is 5.78 Å². The average Bonchev–Trinajstić information content (AvgIpc) is 1.86. The van der Waals surface area contributed by atoms with Crippen LogP contribution in [0.2, 0.25) is 0 Å². The molecule has 0 unspecified atom stereocenters. The van der Waals surface area contributed by atoms with Crippen LogP contribution in [0.3, 0.4) is 0 Å². The van der Waals surface area contributed by atoms with Crippen molar-refractivity contribution in [3.05, 3.63) is 0 Å². The van der Waals surface area contributed by atoms with Crippen molar-refractivity contribution in [2.24, 2.45) is 0 Å². The van der Waals surface area contributed by atoms with Gasteiger partial charge in [-0.25, -0.2) is 4.79 Å². The Labute approximate surface area is 55.6 Å². The fraction of sp³-hybridized carbons (Fsp3) is 0.600. The van der Waals surface area contributed by atoms with E-state index in [9.17, 15) is 18.4 Å². The highest BCUT2D eigenvalue weighted by atomic mass is 19.3. The van der Waals surface area contributed by atoms with Crippen molar-refractivity contribution < 1.29 is 23.5 Å². The Bertz CT molecular complexity index is 164. The minimum atomic E-state index is -4.21. The predicted octanol–water partition coefficient (Wildman–Crippen LogP) is 0.685. The zero-order valence-corrected chi connectivity index (χ0v) is 5.23. The molecule has 1 N–H and O–H groups in total. The van der Waals surface area contributed by atoms with Gasteiger partial charge in [-0.05, 0) is 0 Å². The topological polar surface area (TPSA) is 54.4 Å². The first-order valence-electron chi connectivity index (χ1n) is 2.57. The summed E-state index contributed by atoms with van der Waals surface area (Å²) in [6, 6.07) is 0. The highest BCUT2D eigenvalue weighted by Crippen LogP contribution is 2.16. The quantitative estimate of drug-likeness (QED) is 0.605. The summed E-state index contributed by atoms with van der Waals surface area (Å²) < 4.78 is 24.0. The van der Waals surface area contributed by atoms with Crippen molar-refractivity contribution in [2.45, 2.75) is 19.3 Å². The molecule has 5 heteroatoms. The van der Waals surface area contributed by atoms with Gasteiger partial charge in [-0.2, -0.15) is 8.78 Å². The maximum Gasteiger partial charge on any atom is 0.399 e. The minimum absolute atomic E-state index is 0.473. The SMILES string of the molecule is CCC(=O)C(F)(F)C(=O)O. The number of aliphatic carboxylic acids is 1. The zero-order valence-electron chi connectivity index (χ0n) is 5.23. The van der Waals surface area contributed by atoms with Crippen LogP contribution >= 0.6 is 0 Å². The molecular formula is C5H6F2O3. The first-order valence-corrected chi connectivity index (χ1v) is 2.57. The Morgan fingerprint density at radius 3 is 2.00 bits per heavy atom. The Hall–Kier alpha value is -1.00. The average molecular weight is 152 g/mol. The number of halogens is 2. The van der Waals surface area contributed by atoms with Crippen molar-refractivity contribution in [2.75, 3.05) is 0 Å². The number of carbonyl (C=O) groups is 2. The Balaban J connectivity index is 4.40. The van der Waals surface area contributed by atoms with Gasteiger partial charge in [0.1, 0.15) is 0 Å². The molecule has 3 nitrogen and oxygen atoms in total. The lowest BCUT2D eigenvalue weighted by atomic mass is 10.2. The fourth-order valence-corrected chi connectivity index (χ4v) is 0.341. The van der Waals surface area contributed by atoms with Gasteiger partial charge in [-0.1, -0.05) is 6.92 Å². The highest BCUT2D eigenvalue weighted by Gasteiger charge is 2.45. The van der Waals surface area contributed by atoms with Gasteiger partial charge in [0, 0.05) is 6.42 Å². The summed E-state index contributed by atoms with van der Waals surface area (Å²) in [5, 5.41) is 7.77. The van der Waals surface area contributed by atoms with Crippen LogP contribution in [0.15, 0.2) is 0 Å². The van der Waals surface area contributed by atoms with Gasteiger partial charge in [-0.3, -0.25) is 4.79 Å². The van der Waals surface area contributed by atoms with Crippen LogP contribution in [0.5, 0.6) is 0 Å². The minimum Gasteiger partial charge on any atom is -0.476 e. The summed E-state index contributed by atoms with van der Waals surface area (Å²) >= 11 is 0. The maximum atomic E-state index is 12.0. The summed E-state index contributed by atoms with van der Waals surface area (Å²) in [6.45, 7) is 1.18. The van der Waals surface area contributed by atoms with Crippen LogP contribution in [0.1, 0.15) is 13.3 Å². The van der Waals surface area contributed by atoms with E-state index < -0.39 is 24.1 Å². The van der Waals surface area contributed by atoms with Crippen LogP contribution in [-0.2, 0) is 9.59 Å². The van der Waals surface area contributed by atoms with Crippen molar-refractivity contribution in [1.29, 1.82) is 0 Å². The van der Waals surface area contributed by atoms with E-state index in [2.05, 4.69) is 0 Å². The second-order valence-electron chi connectivity index (χ2n) is 1.66. The molecule has 0 amide bonds. The molecule has 0 aromatic rings. The number of hydrogen-bond donors (Lipinski definition) is 1. The second kappa shape index (κ2) is 2.72. The molecule has 0 aromatic carbocycles. The number of carbonyl (C=O) groups excluding carboxylic acids is 1. The molecule has 0 aliphatic rings. The van der Waals surface area contributed by atoms with E-state index in [-0.39, 0.29) is 0 Å². The van der Waals surface area contributed by atoms with E-state index >= 15 is 0 Å². The third-order valence-corrected chi connectivity index (χ3v) is 0.940. The number of alkyl halides is 2. The molecule has 0 radical (unpaired) electrons. The fourth-order valence-electron chi connectivity index (χ4n) is 0.341. The molecule has 0 bridgehead atoms. The van der Waals surface area contributed by atoms with Crippen LogP contribution in [0.25, 0.3) is 0 Å². The van der Waals surface area contributed by atoms with Crippen molar-refractivity contribution >= 4 is 11.8 Å². The smallest absolute Gasteiger partial charge is 0.399 e. The summed E-state index contributed by atoms with van der Waals surface area (Å²) in [5.74, 6) is -8.17. The summed E-state index contributed by atoms with van der Waals surface area (Å²) in [4.78, 5) is 19.8. The van der Waals surface area contributed by atoms with E-state index in [0.29, 0.717) is 0 Å². The summed E-state index contributed by atoms with van der Waals surface area (Å²) in [5.41, 5.74) is 0. The molecule has 0 heterocycles. The molecule has 0 rings (SSSR count). The van der Waals surface area contributed by atoms with E-state index in [4.69, 9.17) is 5.11 Å². The van der Waals surface area contributed by atoms with Gasteiger partial charge >= 0.3 is 11.9 Å². The lowest BCUT2D eigenvalue weighted by Gasteiger charge is -2.06. The second-order valence-corrected chi connectivity index (χ2v) is 1.66. The van der Waals surface area contributed by atoms with Gasteiger partial charge in [0.15, 0.2) is 0 Å². The first kappa shape index (κ1) is 9.00. The van der Waals surface area contributed by atoms with Gasteiger partial charge in [-0.15, -0.1) is 0 Å². The Morgan fingerprint density at radius 1 is 1.50 bits per heavy atom. The van der Waals surface area contributed by atoms with Gasteiger partial charge in [0.05, 0.1) is 0 Å². The number of carboxylic acids is 1. The molecule has 0 spiro atoms. The number of rotatable bonds is 3. The molecule has 0 atom stereocenters. The molecule has 0 aliphatic heterocycles. The standard InChI is InChI=1S/C5H6F2O3/c1-2-3(8)5(6,7)4(9)10/h2H2,1H3,(H,9,10). The first-order chi connectivity index (χ1) is 4.42. The maximum absolute atomic E-state index is 12.0. The Morgan fingerprint density at radius 2 is 1.90 bits per heavy atom. The lowest BCUT2D eigenvalue weighted by Crippen LogP contribution is -2.37. The van der Waals surface area contributed by atoms with Crippen molar-refractivity contribution in [3.8, 4) is 0 Å². The lowest BCUT2D eigenvalue weighted by molar-refractivity contribution is -0.171. The van der Waals surface area contributed by atoms with Crippen LogP contribution in [0.4, 0.5) is 8.78 Å². The van der Waals surface area contributed by atoms with E-state index in [0.717, 1.165) is 0 Å². The molecule has 0 saturated carbocycles. The number of hydrogen-bond acceptors (Lipinski definition) is 2. The third-order valence-electron chi connectivity index (χ3n) is 0.940. The Kier molecular flexibility index (Phi) is 2.45. The molecule has 0 aromatic heterocycles. The molecule has 58 valence electrons. The largest absolute Gasteiger partial charge is 0.476 e. The highest BCUT2D eigenvalue weighted by molar-refractivity contribution is 6.04. The van der Waals surface area contributed by atoms with Gasteiger partial charge in [0.25, 0.3) is 0 Å². The van der Waals surface area contributed by atoms with Crippen LogP contribution < -0.4 is 0 Å². The van der Waals surface area contributed by atoms with E-state index in [1.54, 1.807) is 0 Å². The molecule has 0 aliphatic carbocycles.